The van der Waals surface area contributed by atoms with Gasteiger partial charge in [-0.25, -0.2) is 0 Å². The summed E-state index contributed by atoms with van der Waals surface area (Å²) in [5.41, 5.74) is 2.21. The standard InChI is InChI=1S/C27H41N5O5/c1-20(33)29-7-8-30-26(34)16-21-6-9-32-19-22(21)3-2-12-37-25-5-4-24(31-10-13-36-14-11-31)15-23(25)17-28-18-27(32)35/h4-5,15,21-22,28H,2-3,6-14,16-19H2,1H3,(H,29,33)(H,30,34)/t21-,22-/m0/s1. The molecule has 0 aromatic heterocycles. The molecule has 3 amide bonds. The van der Waals surface area contributed by atoms with Gasteiger partial charge in [-0.15, -0.1) is 0 Å². The molecule has 2 bridgehead atoms. The zero-order chi connectivity index (χ0) is 26.0. The Labute approximate surface area is 219 Å². The van der Waals surface area contributed by atoms with Crippen molar-refractivity contribution in [2.24, 2.45) is 11.8 Å². The Bertz CT molecular complexity index is 936. The van der Waals surface area contributed by atoms with E-state index in [1.54, 1.807) is 0 Å². The zero-order valence-corrected chi connectivity index (χ0v) is 21.9. The summed E-state index contributed by atoms with van der Waals surface area (Å²) in [6.07, 6.45) is 3.03. The molecule has 4 rings (SSSR count). The number of hydrogen-bond acceptors (Lipinski definition) is 7. The number of amides is 3. The van der Waals surface area contributed by atoms with Crippen molar-refractivity contribution in [3.05, 3.63) is 23.8 Å². The summed E-state index contributed by atoms with van der Waals surface area (Å²) in [5, 5.41) is 8.93. The number of hydrogen-bond donors (Lipinski definition) is 3. The smallest absolute Gasteiger partial charge is 0.236 e. The fourth-order valence-corrected chi connectivity index (χ4v) is 5.46. The lowest BCUT2D eigenvalue weighted by Crippen LogP contribution is -2.47. The van der Waals surface area contributed by atoms with Crippen LogP contribution in [0, 0.1) is 11.8 Å². The Balaban J connectivity index is 1.36. The number of morpholine rings is 1. The number of anilines is 1. The molecule has 204 valence electrons. The topological polar surface area (TPSA) is 112 Å². The van der Waals surface area contributed by atoms with Crippen LogP contribution in [0.15, 0.2) is 18.2 Å². The van der Waals surface area contributed by atoms with E-state index in [4.69, 9.17) is 9.47 Å². The van der Waals surface area contributed by atoms with Crippen LogP contribution in [0.1, 0.15) is 38.2 Å². The van der Waals surface area contributed by atoms with Gasteiger partial charge in [-0.2, -0.15) is 0 Å². The Morgan fingerprint density at radius 2 is 1.84 bits per heavy atom. The molecular weight excluding hydrogens is 474 g/mol. The van der Waals surface area contributed by atoms with Crippen LogP contribution >= 0.6 is 0 Å². The summed E-state index contributed by atoms with van der Waals surface area (Å²) in [5.74, 6) is 1.34. The van der Waals surface area contributed by atoms with Crippen molar-refractivity contribution in [3.63, 3.8) is 0 Å². The lowest BCUT2D eigenvalue weighted by molar-refractivity contribution is -0.133. The van der Waals surface area contributed by atoms with Crippen LogP contribution < -0.4 is 25.6 Å². The Kier molecular flexibility index (Phi) is 10.0. The average Bonchev–Trinajstić information content (AvgIpc) is 2.91. The maximum atomic E-state index is 13.0. The summed E-state index contributed by atoms with van der Waals surface area (Å²) < 4.78 is 11.7. The van der Waals surface area contributed by atoms with Gasteiger partial charge in [-0.05, 0) is 49.3 Å². The van der Waals surface area contributed by atoms with Gasteiger partial charge in [0.1, 0.15) is 5.75 Å². The molecule has 3 heterocycles. The highest BCUT2D eigenvalue weighted by molar-refractivity contribution is 5.79. The number of fused-ring (bicyclic) bond motifs is 3. The third kappa shape index (κ3) is 8.07. The molecule has 0 aliphatic carbocycles. The van der Waals surface area contributed by atoms with Gasteiger partial charge in [0, 0.05) is 70.4 Å². The highest BCUT2D eigenvalue weighted by Gasteiger charge is 2.32. The Hall–Kier alpha value is -2.85. The van der Waals surface area contributed by atoms with Gasteiger partial charge in [0.15, 0.2) is 0 Å². The lowest BCUT2D eigenvalue weighted by Gasteiger charge is -2.38. The van der Waals surface area contributed by atoms with E-state index in [1.165, 1.54) is 6.92 Å². The number of ether oxygens (including phenoxy) is 2. The summed E-state index contributed by atoms with van der Waals surface area (Å²) in [6, 6.07) is 6.31. The first-order valence-electron chi connectivity index (χ1n) is 13.6. The normalized spacial score (nSPS) is 23.0. The quantitative estimate of drug-likeness (QED) is 0.483. The van der Waals surface area contributed by atoms with Gasteiger partial charge in [0.2, 0.25) is 17.7 Å². The first-order valence-corrected chi connectivity index (χ1v) is 13.6. The van der Waals surface area contributed by atoms with Crippen LogP contribution in [0.4, 0.5) is 5.69 Å². The highest BCUT2D eigenvalue weighted by atomic mass is 16.5. The molecule has 3 N–H and O–H groups in total. The molecule has 2 fully saturated rings. The minimum atomic E-state index is -0.104. The molecule has 0 radical (unpaired) electrons. The third-order valence-electron chi connectivity index (χ3n) is 7.50. The van der Waals surface area contributed by atoms with Crippen molar-refractivity contribution in [3.8, 4) is 5.75 Å². The monoisotopic (exact) mass is 515 g/mol. The summed E-state index contributed by atoms with van der Waals surface area (Å²) in [4.78, 5) is 40.8. The minimum Gasteiger partial charge on any atom is -0.493 e. The van der Waals surface area contributed by atoms with Crippen molar-refractivity contribution in [2.45, 2.75) is 39.2 Å². The van der Waals surface area contributed by atoms with E-state index < -0.39 is 0 Å². The molecule has 0 saturated carbocycles. The number of nitrogens with zero attached hydrogens (tertiary/aromatic N) is 2. The second kappa shape index (κ2) is 13.6. The molecule has 3 aliphatic rings. The molecule has 37 heavy (non-hydrogen) atoms. The van der Waals surface area contributed by atoms with Crippen LogP contribution in [-0.4, -0.2) is 88.3 Å². The molecule has 0 unspecified atom stereocenters. The van der Waals surface area contributed by atoms with E-state index in [0.29, 0.717) is 45.8 Å². The van der Waals surface area contributed by atoms with E-state index in [2.05, 4.69) is 33.0 Å². The highest BCUT2D eigenvalue weighted by Crippen LogP contribution is 2.31. The van der Waals surface area contributed by atoms with Crippen molar-refractivity contribution in [2.75, 3.05) is 70.5 Å². The number of carbonyl (C=O) groups excluding carboxylic acids is 3. The van der Waals surface area contributed by atoms with Gasteiger partial charge >= 0.3 is 0 Å². The van der Waals surface area contributed by atoms with Crippen molar-refractivity contribution < 1.29 is 23.9 Å². The van der Waals surface area contributed by atoms with E-state index in [9.17, 15) is 14.4 Å². The largest absolute Gasteiger partial charge is 0.493 e. The van der Waals surface area contributed by atoms with E-state index >= 15 is 0 Å². The van der Waals surface area contributed by atoms with Gasteiger partial charge in [-0.1, -0.05) is 0 Å². The lowest BCUT2D eigenvalue weighted by atomic mass is 9.80. The fraction of sp³-hybridized carbons (Fsp3) is 0.667. The number of rotatable bonds is 6. The molecule has 1 aromatic rings. The van der Waals surface area contributed by atoms with Crippen LogP contribution in [0.5, 0.6) is 5.75 Å². The van der Waals surface area contributed by atoms with Crippen LogP contribution in [0.2, 0.25) is 0 Å². The predicted octanol–water partition coefficient (Wildman–Crippen LogP) is 0.893. The maximum absolute atomic E-state index is 13.0. The molecule has 2 saturated heterocycles. The molecule has 10 heteroatoms. The minimum absolute atomic E-state index is 0.000890. The molecule has 1 aromatic carbocycles. The summed E-state index contributed by atoms with van der Waals surface area (Å²) in [6.45, 7) is 8.32. The molecular formula is C27H41N5O5. The second-order valence-corrected chi connectivity index (χ2v) is 10.2. The summed E-state index contributed by atoms with van der Waals surface area (Å²) >= 11 is 0. The first-order chi connectivity index (χ1) is 18.0. The fourth-order valence-electron chi connectivity index (χ4n) is 5.46. The number of piperidine rings is 1. The zero-order valence-electron chi connectivity index (χ0n) is 21.9. The van der Waals surface area contributed by atoms with E-state index in [1.807, 2.05) is 11.0 Å². The van der Waals surface area contributed by atoms with E-state index in [0.717, 1.165) is 62.6 Å². The molecule has 3 aliphatic heterocycles. The SMILES string of the molecule is CC(=O)NCCNC(=O)C[C@@H]1CCN2C[C@@H]1CCCOc1ccc(N3CCOCC3)cc1CNCC2=O. The van der Waals surface area contributed by atoms with Gasteiger partial charge in [-0.3, -0.25) is 14.4 Å². The number of benzene rings is 1. The maximum Gasteiger partial charge on any atom is 0.236 e. The second-order valence-electron chi connectivity index (χ2n) is 10.2. The van der Waals surface area contributed by atoms with E-state index in [-0.39, 0.29) is 36.1 Å². The molecule has 10 nitrogen and oxygen atoms in total. The van der Waals surface area contributed by atoms with Crippen molar-refractivity contribution in [1.82, 2.24) is 20.9 Å². The number of nitrogens with one attached hydrogen (secondary N) is 3. The number of carbonyl (C=O) groups is 3. The Morgan fingerprint density at radius 1 is 1.03 bits per heavy atom. The predicted molar refractivity (Wildman–Crippen MR) is 140 cm³/mol. The Morgan fingerprint density at radius 3 is 2.65 bits per heavy atom. The molecule has 0 spiro atoms. The summed E-state index contributed by atoms with van der Waals surface area (Å²) in [7, 11) is 0. The van der Waals surface area contributed by atoms with Crippen LogP contribution in [0.3, 0.4) is 0 Å². The molecule has 2 atom stereocenters. The van der Waals surface area contributed by atoms with Gasteiger partial charge in [0.25, 0.3) is 0 Å². The average molecular weight is 516 g/mol. The van der Waals surface area contributed by atoms with Crippen LogP contribution in [-0.2, 0) is 25.7 Å². The van der Waals surface area contributed by atoms with Gasteiger partial charge in [0.05, 0.1) is 26.4 Å². The third-order valence-corrected chi connectivity index (χ3v) is 7.50. The van der Waals surface area contributed by atoms with Crippen molar-refractivity contribution in [1.29, 1.82) is 0 Å². The van der Waals surface area contributed by atoms with Crippen LogP contribution in [0.25, 0.3) is 0 Å². The van der Waals surface area contributed by atoms with Gasteiger partial charge < -0.3 is 35.2 Å². The first kappa shape index (κ1) is 27.2. The van der Waals surface area contributed by atoms with Crippen molar-refractivity contribution >= 4 is 23.4 Å².